The molecule has 1 aromatic heterocycles. The average molecular weight is 403 g/mol. The molecule has 0 amide bonds. The summed E-state index contributed by atoms with van der Waals surface area (Å²) in [5, 5.41) is 13.0. The van der Waals surface area contributed by atoms with E-state index in [0.717, 1.165) is 21.2 Å². The molecule has 0 fully saturated rings. The number of rotatable bonds is 4. The van der Waals surface area contributed by atoms with E-state index in [0.29, 0.717) is 42.8 Å². The highest BCUT2D eigenvalue weighted by Gasteiger charge is 2.19. The van der Waals surface area contributed by atoms with Crippen molar-refractivity contribution in [2.24, 2.45) is 0 Å². The Morgan fingerprint density at radius 2 is 1.84 bits per heavy atom. The van der Waals surface area contributed by atoms with Crippen molar-refractivity contribution in [2.45, 2.75) is 6.42 Å². The zero-order valence-corrected chi connectivity index (χ0v) is 14.8. The van der Waals surface area contributed by atoms with E-state index >= 15 is 0 Å². The number of aromatic nitrogens is 2. The minimum Gasteiger partial charge on any atom is -0.486 e. The van der Waals surface area contributed by atoms with E-state index in [4.69, 9.17) is 19.1 Å². The lowest BCUT2D eigenvalue weighted by molar-refractivity contribution is 0.170. The van der Waals surface area contributed by atoms with Crippen molar-refractivity contribution in [3.63, 3.8) is 0 Å². The van der Waals surface area contributed by atoms with Crippen LogP contribution >= 0.6 is 15.9 Å². The molecule has 0 radical (unpaired) electrons. The molecule has 0 spiro atoms. The first-order valence-corrected chi connectivity index (χ1v) is 8.67. The molecule has 2 heterocycles. The van der Waals surface area contributed by atoms with Gasteiger partial charge in [-0.15, -0.1) is 0 Å². The van der Waals surface area contributed by atoms with Crippen LogP contribution in [0.3, 0.4) is 0 Å². The van der Waals surface area contributed by atoms with Crippen molar-refractivity contribution >= 4 is 15.9 Å². The molecule has 6 nitrogen and oxygen atoms in total. The highest BCUT2D eigenvalue weighted by atomic mass is 79.9. The summed E-state index contributed by atoms with van der Waals surface area (Å²) >= 11 is 3.49. The first kappa shape index (κ1) is 16.1. The highest BCUT2D eigenvalue weighted by molar-refractivity contribution is 9.10. The quantitative estimate of drug-likeness (QED) is 0.719. The molecule has 4 rings (SSSR count). The Hall–Kier alpha value is -2.38. The maximum Gasteiger partial charge on any atom is 0.258 e. The van der Waals surface area contributed by atoms with Crippen LogP contribution < -0.4 is 9.47 Å². The van der Waals surface area contributed by atoms with Gasteiger partial charge < -0.3 is 19.1 Å². The van der Waals surface area contributed by atoms with E-state index in [9.17, 15) is 0 Å². The van der Waals surface area contributed by atoms with E-state index in [1.807, 2.05) is 36.4 Å². The van der Waals surface area contributed by atoms with Crippen LogP contribution in [-0.4, -0.2) is 35.1 Å². The minimum absolute atomic E-state index is 0.130. The molecule has 2 aromatic carbocycles. The molecule has 0 saturated heterocycles. The lowest BCUT2D eigenvalue weighted by Crippen LogP contribution is -2.15. The van der Waals surface area contributed by atoms with Crippen molar-refractivity contribution < 1.29 is 19.1 Å². The number of aliphatic hydroxyl groups excluding tert-OH is 1. The van der Waals surface area contributed by atoms with Gasteiger partial charge in [-0.2, -0.15) is 4.98 Å². The molecule has 1 aliphatic rings. The van der Waals surface area contributed by atoms with Crippen LogP contribution in [0.1, 0.15) is 5.56 Å². The third-order valence-electron chi connectivity index (χ3n) is 3.88. The third-order valence-corrected chi connectivity index (χ3v) is 4.47. The number of nitrogens with zero attached hydrogens (tertiary/aromatic N) is 2. The molecule has 0 bridgehead atoms. The van der Waals surface area contributed by atoms with E-state index in [1.165, 1.54) is 0 Å². The van der Waals surface area contributed by atoms with Crippen molar-refractivity contribution in [3.05, 3.63) is 46.4 Å². The van der Waals surface area contributed by atoms with Gasteiger partial charge in [0.1, 0.15) is 13.2 Å². The summed E-state index contributed by atoms with van der Waals surface area (Å²) in [5.74, 6) is 2.27. The predicted molar refractivity (Wildman–Crippen MR) is 94.6 cm³/mol. The van der Waals surface area contributed by atoms with Crippen LogP contribution in [-0.2, 0) is 6.42 Å². The molecule has 0 aliphatic carbocycles. The van der Waals surface area contributed by atoms with E-state index in [1.54, 1.807) is 0 Å². The number of hydrogen-bond donors (Lipinski definition) is 1. The summed E-state index contributed by atoms with van der Waals surface area (Å²) in [6.07, 6.45) is 0.628. The van der Waals surface area contributed by atoms with E-state index < -0.39 is 0 Å². The number of fused-ring (bicyclic) bond motifs is 1. The van der Waals surface area contributed by atoms with Crippen molar-refractivity contribution in [2.75, 3.05) is 19.8 Å². The summed E-state index contributed by atoms with van der Waals surface area (Å²) < 4.78 is 17.4. The van der Waals surface area contributed by atoms with Gasteiger partial charge in [0.05, 0.1) is 4.47 Å². The molecule has 0 saturated carbocycles. The second-order valence-corrected chi connectivity index (χ2v) is 6.43. The smallest absolute Gasteiger partial charge is 0.258 e. The average Bonchev–Trinajstić information content (AvgIpc) is 3.13. The van der Waals surface area contributed by atoms with Crippen LogP contribution in [0.4, 0.5) is 0 Å². The van der Waals surface area contributed by atoms with Gasteiger partial charge in [0.25, 0.3) is 5.89 Å². The fourth-order valence-corrected chi connectivity index (χ4v) is 3.20. The largest absolute Gasteiger partial charge is 0.486 e. The van der Waals surface area contributed by atoms with Gasteiger partial charge in [0, 0.05) is 17.7 Å². The lowest BCUT2D eigenvalue weighted by Gasteiger charge is -2.19. The number of ether oxygens (including phenoxy) is 2. The van der Waals surface area contributed by atoms with Gasteiger partial charge in [-0.3, -0.25) is 0 Å². The predicted octanol–water partition coefficient (Wildman–Crippen LogP) is 3.47. The summed E-state index contributed by atoms with van der Waals surface area (Å²) in [7, 11) is 0. The minimum atomic E-state index is 0.130. The van der Waals surface area contributed by atoms with Gasteiger partial charge in [-0.05, 0) is 40.0 Å². The first-order valence-electron chi connectivity index (χ1n) is 7.88. The molecule has 7 heteroatoms. The Balaban J connectivity index is 1.64. The molecular formula is C18H15BrN2O4. The van der Waals surface area contributed by atoms with Gasteiger partial charge in [-0.25, -0.2) is 0 Å². The van der Waals surface area contributed by atoms with Gasteiger partial charge >= 0.3 is 0 Å². The fraction of sp³-hybridized carbons (Fsp3) is 0.222. The molecule has 25 heavy (non-hydrogen) atoms. The second-order valence-electron chi connectivity index (χ2n) is 5.58. The summed E-state index contributed by atoms with van der Waals surface area (Å²) in [6, 6.07) is 11.4. The zero-order chi connectivity index (χ0) is 17.2. The standard InChI is InChI=1S/C18H15BrN2O4/c19-14-9-13(10-15-16(14)24-8-7-23-15)18-20-17(21-25-18)12-3-1-11(2-4-12)5-6-22/h1-4,9-10,22H,5-8H2. The normalized spacial score (nSPS) is 13.0. The number of aliphatic hydroxyl groups is 1. The molecule has 0 unspecified atom stereocenters. The third kappa shape index (κ3) is 3.25. The van der Waals surface area contributed by atoms with Gasteiger partial charge in [0.15, 0.2) is 11.5 Å². The van der Waals surface area contributed by atoms with Crippen molar-refractivity contribution in [1.29, 1.82) is 0 Å². The van der Waals surface area contributed by atoms with Crippen LogP contribution in [0.5, 0.6) is 11.5 Å². The topological polar surface area (TPSA) is 77.6 Å². The summed E-state index contributed by atoms with van der Waals surface area (Å²) in [6.45, 7) is 1.17. The molecule has 1 aliphatic heterocycles. The maximum absolute atomic E-state index is 8.98. The molecular weight excluding hydrogens is 388 g/mol. The van der Waals surface area contributed by atoms with Crippen LogP contribution in [0.15, 0.2) is 45.4 Å². The van der Waals surface area contributed by atoms with Crippen molar-refractivity contribution in [1.82, 2.24) is 10.1 Å². The van der Waals surface area contributed by atoms with Gasteiger partial charge in [0.2, 0.25) is 5.82 Å². The Labute approximate surface area is 152 Å². The lowest BCUT2D eigenvalue weighted by atomic mass is 10.1. The Bertz CT molecular complexity index is 893. The van der Waals surface area contributed by atoms with Gasteiger partial charge in [-0.1, -0.05) is 29.4 Å². The van der Waals surface area contributed by atoms with Crippen LogP contribution in [0, 0.1) is 0 Å². The van der Waals surface area contributed by atoms with E-state index in [2.05, 4.69) is 26.1 Å². The number of halogens is 1. The maximum atomic E-state index is 8.98. The number of hydrogen-bond acceptors (Lipinski definition) is 6. The number of benzene rings is 2. The van der Waals surface area contributed by atoms with Crippen LogP contribution in [0.25, 0.3) is 22.8 Å². The Morgan fingerprint density at radius 1 is 1.04 bits per heavy atom. The molecule has 0 atom stereocenters. The molecule has 128 valence electrons. The first-order chi connectivity index (χ1) is 12.2. The zero-order valence-electron chi connectivity index (χ0n) is 13.2. The molecule has 3 aromatic rings. The molecule has 1 N–H and O–H groups in total. The second kappa shape index (κ2) is 6.85. The monoisotopic (exact) mass is 402 g/mol. The Kier molecular flexibility index (Phi) is 4.42. The summed E-state index contributed by atoms with van der Waals surface area (Å²) in [4.78, 5) is 4.47. The van der Waals surface area contributed by atoms with Crippen molar-refractivity contribution in [3.8, 4) is 34.3 Å². The van der Waals surface area contributed by atoms with Crippen LogP contribution in [0.2, 0.25) is 0 Å². The summed E-state index contributed by atoms with van der Waals surface area (Å²) in [5.41, 5.74) is 2.67. The highest BCUT2D eigenvalue weighted by Crippen LogP contribution is 2.41. The SMILES string of the molecule is OCCc1ccc(-c2noc(-c3cc(Br)c4c(c3)OCCO4)n2)cc1. The Morgan fingerprint density at radius 3 is 2.64 bits per heavy atom. The fourth-order valence-electron chi connectivity index (χ4n) is 2.64. The van der Waals surface area contributed by atoms with E-state index in [-0.39, 0.29) is 6.61 Å².